The van der Waals surface area contributed by atoms with Crippen LogP contribution in [-0.4, -0.2) is 46.7 Å². The molecule has 0 aliphatic heterocycles. The summed E-state index contributed by atoms with van der Waals surface area (Å²) in [7, 11) is 0. The minimum Gasteiger partial charge on any atom is -0.480 e. The molecule has 1 saturated carbocycles. The number of benzene rings is 1. The van der Waals surface area contributed by atoms with Crippen LogP contribution >= 0.6 is 0 Å². The Bertz CT molecular complexity index is 562. The summed E-state index contributed by atoms with van der Waals surface area (Å²) in [6, 6.07) is 9.52. The summed E-state index contributed by atoms with van der Waals surface area (Å²) in [5, 5.41) is 12.0. The molecule has 6 heteroatoms. The number of carbonyl (C=O) groups is 2. The van der Waals surface area contributed by atoms with Crippen molar-refractivity contribution < 1.29 is 19.4 Å². The molecule has 25 heavy (non-hydrogen) atoms. The van der Waals surface area contributed by atoms with Gasteiger partial charge in [-0.3, -0.25) is 4.79 Å². The number of amides is 1. The van der Waals surface area contributed by atoms with Crippen LogP contribution in [0.2, 0.25) is 0 Å². The first-order valence-electron chi connectivity index (χ1n) is 8.93. The Kier molecular flexibility index (Phi) is 7.25. The molecule has 2 atom stereocenters. The Hall–Kier alpha value is -2.08. The molecule has 1 aliphatic carbocycles. The first-order chi connectivity index (χ1) is 12.0. The zero-order valence-electron chi connectivity index (χ0n) is 15.0. The Balaban J connectivity index is 2.03. The molecule has 2 N–H and O–H groups in total. The second-order valence-electron chi connectivity index (χ2n) is 6.77. The van der Waals surface area contributed by atoms with E-state index in [1.165, 1.54) is 0 Å². The highest BCUT2D eigenvalue weighted by atomic mass is 16.6. The smallest absolute Gasteiger partial charge is 0.410 e. The third-order valence-corrected chi connectivity index (χ3v) is 4.57. The van der Waals surface area contributed by atoms with E-state index in [0.29, 0.717) is 0 Å². The maximum absolute atomic E-state index is 12.7. The Morgan fingerprint density at radius 1 is 1.24 bits per heavy atom. The number of nitrogens with zero attached hydrogens (tertiary/aromatic N) is 1. The highest BCUT2D eigenvalue weighted by Crippen LogP contribution is 2.26. The molecule has 138 valence electrons. The lowest BCUT2D eigenvalue weighted by molar-refractivity contribution is -0.136. The lowest BCUT2D eigenvalue weighted by Crippen LogP contribution is -2.56. The van der Waals surface area contributed by atoms with Crippen molar-refractivity contribution in [1.82, 2.24) is 10.2 Å². The van der Waals surface area contributed by atoms with Crippen molar-refractivity contribution in [3.8, 4) is 0 Å². The van der Waals surface area contributed by atoms with Gasteiger partial charge in [-0.25, -0.2) is 4.79 Å². The summed E-state index contributed by atoms with van der Waals surface area (Å²) in [6.07, 6.45) is 3.46. The van der Waals surface area contributed by atoms with Crippen molar-refractivity contribution in [2.24, 2.45) is 0 Å². The molecule has 0 bridgehead atoms. The second kappa shape index (κ2) is 9.42. The van der Waals surface area contributed by atoms with Gasteiger partial charge < -0.3 is 20.1 Å². The van der Waals surface area contributed by atoms with Gasteiger partial charge in [0.1, 0.15) is 6.61 Å². The fourth-order valence-corrected chi connectivity index (χ4v) is 3.42. The molecule has 0 unspecified atom stereocenters. The Labute approximate surface area is 149 Å². The number of ether oxygens (including phenoxy) is 1. The second-order valence-corrected chi connectivity index (χ2v) is 6.77. The number of carboxylic acid groups (broad SMARTS) is 1. The number of carbonyl (C=O) groups excluding carboxylic acids is 1. The van der Waals surface area contributed by atoms with Crippen molar-refractivity contribution in [2.45, 2.75) is 64.3 Å². The van der Waals surface area contributed by atoms with Gasteiger partial charge in [-0.1, -0.05) is 43.2 Å². The minimum atomic E-state index is -0.882. The van der Waals surface area contributed by atoms with Crippen molar-refractivity contribution in [2.75, 3.05) is 6.54 Å². The normalized spacial score (nSPS) is 20.3. The predicted molar refractivity (Wildman–Crippen MR) is 95.3 cm³/mol. The van der Waals surface area contributed by atoms with E-state index < -0.39 is 5.97 Å². The van der Waals surface area contributed by atoms with Crippen LogP contribution in [0.5, 0.6) is 0 Å². The molecule has 0 spiro atoms. The van der Waals surface area contributed by atoms with Crippen molar-refractivity contribution in [1.29, 1.82) is 0 Å². The largest absolute Gasteiger partial charge is 0.480 e. The van der Waals surface area contributed by atoms with Gasteiger partial charge in [0.15, 0.2) is 0 Å². The Morgan fingerprint density at radius 3 is 2.56 bits per heavy atom. The van der Waals surface area contributed by atoms with Crippen LogP contribution in [0.3, 0.4) is 0 Å². The average molecular weight is 348 g/mol. The molecule has 1 aromatic rings. The fourth-order valence-electron chi connectivity index (χ4n) is 3.42. The number of aliphatic carboxylic acids is 1. The third kappa shape index (κ3) is 5.74. The van der Waals surface area contributed by atoms with Crippen LogP contribution in [0.4, 0.5) is 4.79 Å². The molecule has 6 nitrogen and oxygen atoms in total. The monoisotopic (exact) mass is 348 g/mol. The predicted octanol–water partition coefficient (Wildman–Crippen LogP) is 3.02. The van der Waals surface area contributed by atoms with Gasteiger partial charge in [-0.2, -0.15) is 0 Å². The van der Waals surface area contributed by atoms with E-state index in [1.807, 2.05) is 44.2 Å². The van der Waals surface area contributed by atoms with E-state index in [2.05, 4.69) is 5.32 Å². The van der Waals surface area contributed by atoms with E-state index in [1.54, 1.807) is 4.90 Å². The number of carboxylic acids is 1. The summed E-state index contributed by atoms with van der Waals surface area (Å²) < 4.78 is 5.52. The van der Waals surface area contributed by atoms with Crippen molar-refractivity contribution >= 4 is 12.1 Å². The lowest BCUT2D eigenvalue weighted by atomic mass is 9.88. The summed E-state index contributed by atoms with van der Waals surface area (Å²) in [5.41, 5.74) is 0.948. The minimum absolute atomic E-state index is 0.0134. The van der Waals surface area contributed by atoms with Crippen LogP contribution in [0.1, 0.15) is 45.1 Å². The number of nitrogens with one attached hydrogen (secondary N) is 1. The third-order valence-electron chi connectivity index (χ3n) is 4.57. The maximum atomic E-state index is 12.7. The van der Waals surface area contributed by atoms with Gasteiger partial charge in [0.05, 0.1) is 12.6 Å². The fraction of sp³-hybridized carbons (Fsp3) is 0.579. The van der Waals surface area contributed by atoms with Gasteiger partial charge in [0.2, 0.25) is 0 Å². The van der Waals surface area contributed by atoms with Crippen LogP contribution in [-0.2, 0) is 16.1 Å². The molecule has 1 aromatic carbocycles. The van der Waals surface area contributed by atoms with Crippen LogP contribution in [0.15, 0.2) is 30.3 Å². The summed E-state index contributed by atoms with van der Waals surface area (Å²) >= 11 is 0. The highest BCUT2D eigenvalue weighted by molar-refractivity contribution is 5.69. The summed E-state index contributed by atoms with van der Waals surface area (Å²) in [6.45, 7) is 4.08. The number of hydrogen-bond donors (Lipinski definition) is 2. The molecule has 0 radical (unpaired) electrons. The SMILES string of the molecule is CC(C)N(C(=O)OCc1ccccc1)[C@@H]1CCCC[C@H]1NCC(=O)O. The molecule has 0 heterocycles. The Morgan fingerprint density at radius 2 is 1.92 bits per heavy atom. The maximum Gasteiger partial charge on any atom is 0.410 e. The van der Waals surface area contributed by atoms with E-state index >= 15 is 0 Å². The van der Waals surface area contributed by atoms with Gasteiger partial charge in [-0.15, -0.1) is 0 Å². The van der Waals surface area contributed by atoms with Crippen LogP contribution in [0, 0.1) is 0 Å². The van der Waals surface area contributed by atoms with Crippen molar-refractivity contribution in [3.05, 3.63) is 35.9 Å². The quantitative estimate of drug-likeness (QED) is 0.792. The molecule has 1 amide bonds. The first-order valence-corrected chi connectivity index (χ1v) is 8.93. The van der Waals surface area contributed by atoms with E-state index in [-0.39, 0.29) is 37.4 Å². The number of rotatable bonds is 7. The van der Waals surface area contributed by atoms with E-state index in [0.717, 1.165) is 31.2 Å². The molecule has 1 aliphatic rings. The van der Waals surface area contributed by atoms with Crippen LogP contribution in [0.25, 0.3) is 0 Å². The number of hydrogen-bond acceptors (Lipinski definition) is 4. The van der Waals surface area contributed by atoms with Gasteiger partial charge in [-0.05, 0) is 32.3 Å². The molecule has 0 saturated heterocycles. The molecule has 1 fully saturated rings. The van der Waals surface area contributed by atoms with E-state index in [4.69, 9.17) is 9.84 Å². The van der Waals surface area contributed by atoms with Gasteiger partial charge in [0.25, 0.3) is 0 Å². The zero-order chi connectivity index (χ0) is 18.2. The van der Waals surface area contributed by atoms with Gasteiger partial charge >= 0.3 is 12.1 Å². The molecule has 2 rings (SSSR count). The molecular weight excluding hydrogens is 320 g/mol. The van der Waals surface area contributed by atoms with Crippen LogP contribution < -0.4 is 5.32 Å². The molecular formula is C19H28N2O4. The summed E-state index contributed by atoms with van der Waals surface area (Å²) in [5.74, 6) is -0.882. The highest BCUT2D eigenvalue weighted by Gasteiger charge is 2.35. The standard InChI is InChI=1S/C19H28N2O4/c1-14(2)21(19(24)25-13-15-8-4-3-5-9-15)17-11-7-6-10-16(17)20-12-18(22)23/h3-5,8-9,14,16-17,20H,6-7,10-13H2,1-2H3,(H,22,23)/t16-,17-/m1/s1. The van der Waals surface area contributed by atoms with Gasteiger partial charge in [0, 0.05) is 12.1 Å². The van der Waals surface area contributed by atoms with Crippen molar-refractivity contribution in [3.63, 3.8) is 0 Å². The first kappa shape index (κ1) is 19.2. The topological polar surface area (TPSA) is 78.9 Å². The lowest BCUT2D eigenvalue weighted by Gasteiger charge is -2.41. The van der Waals surface area contributed by atoms with E-state index in [9.17, 15) is 9.59 Å². The molecule has 0 aromatic heterocycles. The summed E-state index contributed by atoms with van der Waals surface area (Å²) in [4.78, 5) is 25.3. The zero-order valence-corrected chi connectivity index (χ0v) is 15.0. The average Bonchev–Trinajstić information content (AvgIpc) is 2.60.